The lowest BCUT2D eigenvalue weighted by Gasteiger charge is -2.29. The van der Waals surface area contributed by atoms with Crippen molar-refractivity contribution in [2.45, 2.75) is 31.8 Å². The van der Waals surface area contributed by atoms with E-state index in [4.69, 9.17) is 5.41 Å². The molecule has 2 aromatic carbocycles. The Bertz CT molecular complexity index is 1150. The van der Waals surface area contributed by atoms with Crippen LogP contribution in [0.15, 0.2) is 91.1 Å². The highest BCUT2D eigenvalue weighted by atomic mass is 16.2. The number of amides is 2. The fourth-order valence-electron chi connectivity index (χ4n) is 4.06. The van der Waals surface area contributed by atoms with Gasteiger partial charge in [-0.1, -0.05) is 73.3 Å². The van der Waals surface area contributed by atoms with Gasteiger partial charge in [0.25, 0.3) is 5.91 Å². The molecule has 0 aromatic heterocycles. The molecule has 1 saturated heterocycles. The van der Waals surface area contributed by atoms with Gasteiger partial charge in [-0.25, -0.2) is 0 Å². The SMILES string of the molecule is C=C/C=C\C=C(/C)C1(c2ccccc2)NC(=N)N(Cc2cccc(NC(=O)C3CC3)c2)C1=O. The molecule has 3 N–H and O–H groups in total. The Balaban J connectivity index is 1.63. The summed E-state index contributed by atoms with van der Waals surface area (Å²) in [6.45, 7) is 5.80. The number of nitrogens with zero attached hydrogens (tertiary/aromatic N) is 1. The quantitative estimate of drug-likeness (QED) is 0.529. The van der Waals surface area contributed by atoms with Crippen LogP contribution in [0.2, 0.25) is 0 Å². The predicted octanol–water partition coefficient (Wildman–Crippen LogP) is 4.49. The Morgan fingerprint density at radius 2 is 1.97 bits per heavy atom. The van der Waals surface area contributed by atoms with Gasteiger partial charge in [-0.2, -0.15) is 0 Å². The zero-order valence-electron chi connectivity index (χ0n) is 18.7. The minimum absolute atomic E-state index is 0.0373. The van der Waals surface area contributed by atoms with E-state index in [-0.39, 0.29) is 30.2 Å². The van der Waals surface area contributed by atoms with Gasteiger partial charge >= 0.3 is 0 Å². The molecular formula is C27H28N4O2. The van der Waals surface area contributed by atoms with E-state index in [9.17, 15) is 9.59 Å². The highest BCUT2D eigenvalue weighted by Crippen LogP contribution is 2.36. The maximum atomic E-state index is 13.8. The Morgan fingerprint density at radius 1 is 1.21 bits per heavy atom. The standard InChI is InChI=1S/C27H28N4O2/c1-3-4-6-10-19(2)27(22-12-7-5-8-13-22)25(33)31(26(28)30-27)18-20-11-9-14-23(17-20)29-24(32)21-15-16-21/h3-14,17,21H,1,15-16,18H2,2H3,(H2,28,30)(H,29,32)/b6-4-,19-10+. The second-order valence-electron chi connectivity index (χ2n) is 8.42. The van der Waals surface area contributed by atoms with Crippen molar-refractivity contribution in [3.05, 3.63) is 102 Å². The molecule has 168 valence electrons. The van der Waals surface area contributed by atoms with Crippen LogP contribution in [0.4, 0.5) is 5.69 Å². The topological polar surface area (TPSA) is 85.3 Å². The fourth-order valence-corrected chi connectivity index (χ4v) is 4.06. The predicted molar refractivity (Wildman–Crippen MR) is 130 cm³/mol. The average Bonchev–Trinajstić information content (AvgIpc) is 3.64. The minimum atomic E-state index is -1.17. The largest absolute Gasteiger partial charge is 0.335 e. The van der Waals surface area contributed by atoms with Crippen LogP contribution in [-0.2, 0) is 21.7 Å². The minimum Gasteiger partial charge on any atom is -0.335 e. The number of carbonyl (C=O) groups is 2. The maximum absolute atomic E-state index is 13.8. The van der Waals surface area contributed by atoms with E-state index < -0.39 is 5.54 Å². The van der Waals surface area contributed by atoms with E-state index >= 15 is 0 Å². The van der Waals surface area contributed by atoms with Gasteiger partial charge in [0.2, 0.25) is 5.91 Å². The van der Waals surface area contributed by atoms with E-state index in [0.29, 0.717) is 5.69 Å². The second kappa shape index (κ2) is 9.28. The summed E-state index contributed by atoms with van der Waals surface area (Å²) in [5.74, 6) is -0.0265. The first kappa shape index (κ1) is 22.3. The number of anilines is 1. The van der Waals surface area contributed by atoms with Crippen LogP contribution in [0.1, 0.15) is 30.9 Å². The summed E-state index contributed by atoms with van der Waals surface area (Å²) in [5.41, 5.74) is 1.92. The van der Waals surface area contributed by atoms with E-state index in [0.717, 1.165) is 29.5 Å². The lowest BCUT2D eigenvalue weighted by atomic mass is 9.82. The number of rotatable bonds is 8. The number of allylic oxidation sites excluding steroid dienone is 4. The first-order valence-corrected chi connectivity index (χ1v) is 11.1. The Kier molecular flexibility index (Phi) is 6.27. The molecule has 33 heavy (non-hydrogen) atoms. The average molecular weight is 441 g/mol. The van der Waals surface area contributed by atoms with Crippen LogP contribution in [0.3, 0.4) is 0 Å². The summed E-state index contributed by atoms with van der Waals surface area (Å²) in [7, 11) is 0. The molecule has 2 aliphatic rings. The van der Waals surface area contributed by atoms with Gasteiger partial charge in [-0.3, -0.25) is 19.9 Å². The van der Waals surface area contributed by atoms with Crippen LogP contribution in [0.5, 0.6) is 0 Å². The molecule has 2 fully saturated rings. The number of benzene rings is 2. The molecule has 1 saturated carbocycles. The van der Waals surface area contributed by atoms with Crippen LogP contribution in [-0.4, -0.2) is 22.7 Å². The number of hydrogen-bond donors (Lipinski definition) is 3. The lowest BCUT2D eigenvalue weighted by molar-refractivity contribution is -0.130. The molecule has 0 radical (unpaired) electrons. The molecule has 1 atom stereocenters. The van der Waals surface area contributed by atoms with Crippen molar-refractivity contribution >= 4 is 23.5 Å². The zero-order valence-corrected chi connectivity index (χ0v) is 18.7. The van der Waals surface area contributed by atoms with Gasteiger partial charge < -0.3 is 10.6 Å². The molecule has 1 unspecified atom stereocenters. The van der Waals surface area contributed by atoms with Crippen molar-refractivity contribution in [2.24, 2.45) is 5.92 Å². The molecule has 2 amide bonds. The summed E-state index contributed by atoms with van der Waals surface area (Å²) in [5, 5.41) is 14.7. The smallest absolute Gasteiger partial charge is 0.264 e. The molecule has 0 bridgehead atoms. The number of carbonyl (C=O) groups excluding carboxylic acids is 2. The summed E-state index contributed by atoms with van der Waals surface area (Å²) in [6, 6.07) is 16.9. The molecule has 1 aliphatic heterocycles. The van der Waals surface area contributed by atoms with Gasteiger partial charge in [0, 0.05) is 11.6 Å². The summed E-state index contributed by atoms with van der Waals surface area (Å²) in [4.78, 5) is 27.4. The Morgan fingerprint density at radius 3 is 2.67 bits per heavy atom. The zero-order chi connectivity index (χ0) is 23.4. The molecule has 6 nitrogen and oxygen atoms in total. The molecule has 0 spiro atoms. The second-order valence-corrected chi connectivity index (χ2v) is 8.42. The summed E-state index contributed by atoms with van der Waals surface area (Å²) >= 11 is 0. The van der Waals surface area contributed by atoms with Crippen molar-refractivity contribution in [2.75, 3.05) is 5.32 Å². The molecule has 4 rings (SSSR count). The molecule has 6 heteroatoms. The maximum Gasteiger partial charge on any atom is 0.264 e. The third-order valence-corrected chi connectivity index (χ3v) is 6.02. The Labute approximate surface area is 194 Å². The van der Waals surface area contributed by atoms with Gasteiger partial charge in [0.15, 0.2) is 11.5 Å². The molecule has 1 heterocycles. The van der Waals surface area contributed by atoms with E-state index in [1.54, 1.807) is 12.2 Å². The molecular weight excluding hydrogens is 412 g/mol. The first-order valence-electron chi connectivity index (χ1n) is 11.1. The Hall–Kier alpha value is -3.93. The third kappa shape index (κ3) is 4.51. The van der Waals surface area contributed by atoms with E-state index in [2.05, 4.69) is 17.2 Å². The van der Waals surface area contributed by atoms with Crippen LogP contribution in [0, 0.1) is 11.3 Å². The van der Waals surface area contributed by atoms with Gasteiger partial charge in [0.05, 0.1) is 6.54 Å². The van der Waals surface area contributed by atoms with E-state index in [1.807, 2.05) is 73.7 Å². The summed E-state index contributed by atoms with van der Waals surface area (Å²) in [6.07, 6.45) is 9.04. The molecule has 1 aliphatic carbocycles. The molecule has 2 aromatic rings. The van der Waals surface area contributed by atoms with Crippen molar-refractivity contribution in [1.82, 2.24) is 10.2 Å². The van der Waals surface area contributed by atoms with E-state index in [1.165, 1.54) is 4.90 Å². The van der Waals surface area contributed by atoms with Crippen molar-refractivity contribution < 1.29 is 9.59 Å². The number of hydrogen-bond acceptors (Lipinski definition) is 3. The van der Waals surface area contributed by atoms with Crippen LogP contribution < -0.4 is 10.6 Å². The monoisotopic (exact) mass is 440 g/mol. The first-order chi connectivity index (χ1) is 16.0. The van der Waals surface area contributed by atoms with Crippen LogP contribution in [0.25, 0.3) is 0 Å². The van der Waals surface area contributed by atoms with Gasteiger partial charge in [-0.15, -0.1) is 0 Å². The van der Waals surface area contributed by atoms with Gasteiger partial charge in [-0.05, 0) is 48.6 Å². The van der Waals surface area contributed by atoms with Crippen molar-refractivity contribution in [3.8, 4) is 0 Å². The third-order valence-electron chi connectivity index (χ3n) is 6.02. The van der Waals surface area contributed by atoms with Crippen LogP contribution >= 0.6 is 0 Å². The number of guanidine groups is 1. The van der Waals surface area contributed by atoms with Gasteiger partial charge in [0.1, 0.15) is 0 Å². The number of nitrogens with one attached hydrogen (secondary N) is 3. The highest BCUT2D eigenvalue weighted by Gasteiger charge is 2.51. The van der Waals surface area contributed by atoms with Crippen molar-refractivity contribution in [3.63, 3.8) is 0 Å². The highest BCUT2D eigenvalue weighted by molar-refractivity contribution is 6.10. The lowest BCUT2D eigenvalue weighted by Crippen LogP contribution is -2.45. The summed E-state index contributed by atoms with van der Waals surface area (Å²) < 4.78 is 0. The van der Waals surface area contributed by atoms with Crippen molar-refractivity contribution in [1.29, 1.82) is 5.41 Å². The normalized spacial score (nSPS) is 20.8. The fraction of sp³-hybridized carbons (Fsp3) is 0.222.